The summed E-state index contributed by atoms with van der Waals surface area (Å²) in [5.74, 6) is 0.622. The summed E-state index contributed by atoms with van der Waals surface area (Å²) in [4.78, 5) is 6.45. The molecule has 0 heterocycles. The molecule has 0 saturated carbocycles. The van der Waals surface area contributed by atoms with Gasteiger partial charge < -0.3 is 15.5 Å². The summed E-state index contributed by atoms with van der Waals surface area (Å²) in [5, 5.41) is 6.69. The Labute approximate surface area is 163 Å². The molecule has 1 aromatic carbocycles. The van der Waals surface area contributed by atoms with E-state index in [1.54, 1.807) is 13.1 Å². The molecule has 0 atom stereocenters. The Hall–Kier alpha value is -0.890. The second-order valence-electron chi connectivity index (χ2n) is 7.08. The molecule has 0 fully saturated rings. The average Bonchev–Trinajstić information content (AvgIpc) is 2.43. The molecule has 4 nitrogen and oxygen atoms in total. The molecule has 1 rings (SSSR count). The number of benzene rings is 1. The van der Waals surface area contributed by atoms with Crippen LogP contribution in [0.5, 0.6) is 0 Å². The van der Waals surface area contributed by atoms with E-state index < -0.39 is 0 Å². The van der Waals surface area contributed by atoms with E-state index in [1.165, 1.54) is 6.07 Å². The first kappa shape index (κ1) is 23.1. The molecule has 1 aromatic rings. The summed E-state index contributed by atoms with van der Waals surface area (Å²) >= 11 is 0. The normalized spacial score (nSPS) is 12.1. The Morgan fingerprint density at radius 1 is 1.25 bits per heavy atom. The molecule has 6 heteroatoms. The summed E-state index contributed by atoms with van der Waals surface area (Å²) in [7, 11) is 5.94. The zero-order valence-corrected chi connectivity index (χ0v) is 18.1. The van der Waals surface area contributed by atoms with E-state index in [1.807, 2.05) is 13.0 Å². The van der Waals surface area contributed by atoms with Gasteiger partial charge in [0.05, 0.1) is 0 Å². The molecule has 0 aliphatic rings. The number of hydrogen-bond donors (Lipinski definition) is 2. The number of aliphatic imine (C=N–C) groups is 1. The van der Waals surface area contributed by atoms with Crippen LogP contribution in [0, 0.1) is 18.2 Å². The number of halogens is 2. The molecule has 2 N–H and O–H groups in total. The van der Waals surface area contributed by atoms with E-state index in [9.17, 15) is 4.39 Å². The van der Waals surface area contributed by atoms with Gasteiger partial charge in [-0.25, -0.2) is 4.39 Å². The van der Waals surface area contributed by atoms with Gasteiger partial charge in [0.25, 0.3) is 0 Å². The zero-order valence-electron chi connectivity index (χ0n) is 15.7. The van der Waals surface area contributed by atoms with E-state index in [4.69, 9.17) is 0 Å². The fraction of sp³-hybridized carbons (Fsp3) is 0.611. The molecular formula is C18H32FIN4. The van der Waals surface area contributed by atoms with Gasteiger partial charge in [-0.1, -0.05) is 19.9 Å². The van der Waals surface area contributed by atoms with Crippen molar-refractivity contribution in [2.75, 3.05) is 40.8 Å². The van der Waals surface area contributed by atoms with Gasteiger partial charge in [-0.2, -0.15) is 0 Å². The lowest BCUT2D eigenvalue weighted by atomic mass is 9.93. The highest BCUT2D eigenvalue weighted by Gasteiger charge is 2.19. The van der Waals surface area contributed by atoms with Gasteiger partial charge >= 0.3 is 0 Å². The maximum Gasteiger partial charge on any atom is 0.191 e. The first-order valence-corrected chi connectivity index (χ1v) is 8.08. The monoisotopic (exact) mass is 450 g/mol. The number of guanidine groups is 1. The number of nitrogens with one attached hydrogen (secondary N) is 2. The van der Waals surface area contributed by atoms with Crippen LogP contribution >= 0.6 is 24.0 Å². The Bertz CT molecular complexity index is 530. The minimum Gasteiger partial charge on any atom is -0.356 e. The molecule has 0 saturated heterocycles. The molecule has 0 amide bonds. The van der Waals surface area contributed by atoms with Gasteiger partial charge in [-0.15, -0.1) is 24.0 Å². The zero-order chi connectivity index (χ0) is 17.5. The van der Waals surface area contributed by atoms with Crippen molar-refractivity contribution in [3.8, 4) is 0 Å². The van der Waals surface area contributed by atoms with Gasteiger partial charge in [0.15, 0.2) is 5.96 Å². The number of rotatable bonds is 7. The quantitative estimate of drug-likeness (QED) is 0.381. The fourth-order valence-corrected chi connectivity index (χ4v) is 2.71. The van der Waals surface area contributed by atoms with Crippen LogP contribution in [0.3, 0.4) is 0 Å². The predicted molar refractivity (Wildman–Crippen MR) is 112 cm³/mol. The number of nitrogens with zero attached hydrogens (tertiary/aromatic N) is 2. The first-order valence-electron chi connectivity index (χ1n) is 8.08. The van der Waals surface area contributed by atoms with Crippen molar-refractivity contribution >= 4 is 29.9 Å². The van der Waals surface area contributed by atoms with E-state index in [0.717, 1.165) is 43.1 Å². The molecule has 0 unspecified atom stereocenters. The molecule has 24 heavy (non-hydrogen) atoms. The average molecular weight is 450 g/mol. The van der Waals surface area contributed by atoms with Crippen LogP contribution in [0.4, 0.5) is 4.39 Å². The smallest absolute Gasteiger partial charge is 0.191 e. The summed E-state index contributed by atoms with van der Waals surface area (Å²) in [5.41, 5.74) is 2.30. The Balaban J connectivity index is 0.00000529. The summed E-state index contributed by atoms with van der Waals surface area (Å²) in [6, 6.07) is 4.94. The lowest BCUT2D eigenvalue weighted by molar-refractivity contribution is 0.241. The molecular weight excluding hydrogens is 418 g/mol. The maximum atomic E-state index is 13.1. The highest BCUT2D eigenvalue weighted by Crippen LogP contribution is 2.14. The van der Waals surface area contributed by atoms with Crippen LogP contribution in [0.25, 0.3) is 0 Å². The Morgan fingerprint density at radius 2 is 1.92 bits per heavy atom. The number of hydrogen-bond acceptors (Lipinski definition) is 2. The van der Waals surface area contributed by atoms with Crippen LogP contribution in [-0.2, 0) is 6.42 Å². The number of aryl methyl sites for hydroxylation is 1. The van der Waals surface area contributed by atoms with Gasteiger partial charge in [0, 0.05) is 26.7 Å². The highest BCUT2D eigenvalue weighted by molar-refractivity contribution is 14.0. The highest BCUT2D eigenvalue weighted by atomic mass is 127. The maximum absolute atomic E-state index is 13.1. The van der Waals surface area contributed by atoms with Crippen molar-refractivity contribution in [3.63, 3.8) is 0 Å². The summed E-state index contributed by atoms with van der Waals surface area (Å²) < 4.78 is 13.1. The predicted octanol–water partition coefficient (Wildman–Crippen LogP) is 3.05. The van der Waals surface area contributed by atoms with Gasteiger partial charge in [0.2, 0.25) is 0 Å². The van der Waals surface area contributed by atoms with Crippen LogP contribution in [0.2, 0.25) is 0 Å². The minimum absolute atomic E-state index is 0. The van der Waals surface area contributed by atoms with Crippen molar-refractivity contribution in [1.82, 2.24) is 15.5 Å². The second-order valence-corrected chi connectivity index (χ2v) is 7.08. The lowest BCUT2D eigenvalue weighted by Crippen LogP contribution is -2.45. The first-order chi connectivity index (χ1) is 10.7. The van der Waals surface area contributed by atoms with Crippen molar-refractivity contribution < 1.29 is 4.39 Å². The van der Waals surface area contributed by atoms with Gasteiger partial charge in [-0.05, 0) is 56.1 Å². The summed E-state index contributed by atoms with van der Waals surface area (Å²) in [6.07, 6.45) is 0.841. The third-order valence-corrected chi connectivity index (χ3v) is 3.69. The SMILES string of the molecule is CN=C(NCCc1ccc(F)cc1C)NCC(C)(C)CN(C)C.I. The van der Waals surface area contributed by atoms with Crippen LogP contribution in [0.1, 0.15) is 25.0 Å². The van der Waals surface area contributed by atoms with Crippen molar-refractivity contribution in [1.29, 1.82) is 0 Å². The standard InChI is InChI=1S/C18H31FN4.HI/c1-14-11-16(19)8-7-15(14)9-10-21-17(20-4)22-12-18(2,3)13-23(5)6;/h7-8,11H,9-10,12-13H2,1-6H3,(H2,20,21,22);1H. The lowest BCUT2D eigenvalue weighted by Gasteiger charge is -2.29. The Kier molecular flexibility index (Phi) is 10.5. The molecule has 0 aromatic heterocycles. The molecule has 138 valence electrons. The second kappa shape index (κ2) is 10.9. The van der Waals surface area contributed by atoms with E-state index in [2.05, 4.69) is 48.5 Å². The van der Waals surface area contributed by atoms with Crippen molar-refractivity contribution in [2.24, 2.45) is 10.4 Å². The topological polar surface area (TPSA) is 39.7 Å². The molecule has 0 spiro atoms. The summed E-state index contributed by atoms with van der Waals surface area (Å²) in [6.45, 7) is 9.02. The molecule has 0 radical (unpaired) electrons. The van der Waals surface area contributed by atoms with Crippen molar-refractivity contribution in [2.45, 2.75) is 27.2 Å². The van der Waals surface area contributed by atoms with Crippen LogP contribution < -0.4 is 10.6 Å². The third kappa shape index (κ3) is 8.82. The van der Waals surface area contributed by atoms with Crippen molar-refractivity contribution in [3.05, 3.63) is 35.1 Å². The molecule has 0 bridgehead atoms. The van der Waals surface area contributed by atoms with E-state index in [0.29, 0.717) is 0 Å². The van der Waals surface area contributed by atoms with Crippen LogP contribution in [-0.4, -0.2) is 51.6 Å². The van der Waals surface area contributed by atoms with Gasteiger partial charge in [-0.3, -0.25) is 4.99 Å². The Morgan fingerprint density at radius 3 is 2.46 bits per heavy atom. The molecule has 0 aliphatic carbocycles. The fourth-order valence-electron chi connectivity index (χ4n) is 2.71. The molecule has 0 aliphatic heterocycles. The van der Waals surface area contributed by atoms with Gasteiger partial charge in [0.1, 0.15) is 5.82 Å². The van der Waals surface area contributed by atoms with E-state index >= 15 is 0 Å². The van der Waals surface area contributed by atoms with Crippen LogP contribution in [0.15, 0.2) is 23.2 Å². The van der Waals surface area contributed by atoms with E-state index in [-0.39, 0.29) is 35.2 Å². The third-order valence-electron chi connectivity index (χ3n) is 3.69. The largest absolute Gasteiger partial charge is 0.356 e. The minimum atomic E-state index is -0.181.